The van der Waals surface area contributed by atoms with Crippen LogP contribution in [0.15, 0.2) is 37.1 Å². The molecule has 0 aliphatic rings. The Labute approximate surface area is 144 Å². The second kappa shape index (κ2) is 7.99. The molecule has 24 heavy (non-hydrogen) atoms. The van der Waals surface area contributed by atoms with Gasteiger partial charge in [-0.1, -0.05) is 40.2 Å². The molecule has 1 N–H and O–H groups in total. The van der Waals surface area contributed by atoms with E-state index in [4.69, 9.17) is 0 Å². The first-order valence-corrected chi connectivity index (χ1v) is 8.40. The lowest BCUT2D eigenvalue weighted by Gasteiger charge is -2.27. The Morgan fingerprint density at radius 2 is 2.04 bits per heavy atom. The summed E-state index contributed by atoms with van der Waals surface area (Å²) in [5.74, 6) is -0.128. The average Bonchev–Trinajstić information content (AvgIpc) is 2.54. The van der Waals surface area contributed by atoms with E-state index in [1.807, 2.05) is 18.3 Å². The normalized spacial score (nSPS) is 12.7. The van der Waals surface area contributed by atoms with E-state index in [1.54, 1.807) is 12.4 Å². The lowest BCUT2D eigenvalue weighted by Crippen LogP contribution is -2.32. The first-order valence-electron chi connectivity index (χ1n) is 8.40. The molecule has 2 aromatic rings. The second-order valence-electron chi connectivity index (χ2n) is 7.21. The van der Waals surface area contributed by atoms with Crippen LogP contribution < -0.4 is 5.32 Å². The van der Waals surface area contributed by atoms with E-state index in [1.165, 1.54) is 6.33 Å². The zero-order valence-electron chi connectivity index (χ0n) is 14.9. The molecule has 128 valence electrons. The fourth-order valence-electron chi connectivity index (χ4n) is 2.66. The zero-order valence-corrected chi connectivity index (χ0v) is 14.9. The zero-order chi connectivity index (χ0) is 17.6. The highest BCUT2D eigenvalue weighted by atomic mass is 16.1. The van der Waals surface area contributed by atoms with Crippen molar-refractivity contribution in [3.05, 3.63) is 53.9 Å². The number of pyridine rings is 1. The van der Waals surface area contributed by atoms with Gasteiger partial charge in [-0.2, -0.15) is 0 Å². The molecule has 2 heterocycles. The van der Waals surface area contributed by atoms with Crippen molar-refractivity contribution in [2.45, 2.75) is 53.0 Å². The predicted molar refractivity (Wildman–Crippen MR) is 94.5 cm³/mol. The van der Waals surface area contributed by atoms with Crippen molar-refractivity contribution in [2.24, 2.45) is 5.41 Å². The third kappa shape index (κ3) is 5.11. The molecule has 0 bridgehead atoms. The molecular weight excluding hydrogens is 300 g/mol. The summed E-state index contributed by atoms with van der Waals surface area (Å²) in [6.45, 7) is 8.56. The fraction of sp³-hybridized carbons (Fsp3) is 0.474. The standard InChI is InChI=1S/C19H26N4O/c1-5-7-16-15(12-21-13-22-16)18(24)23-17(10-19(2,3)4)14-8-6-9-20-11-14/h6,8-9,11-13,17H,5,7,10H2,1-4H3,(H,23,24)/t17-/m1/s1. The summed E-state index contributed by atoms with van der Waals surface area (Å²) in [6.07, 6.45) is 9.17. The van der Waals surface area contributed by atoms with Gasteiger partial charge in [0, 0.05) is 18.6 Å². The van der Waals surface area contributed by atoms with Crippen LogP contribution in [0.1, 0.15) is 68.2 Å². The molecule has 1 amide bonds. The van der Waals surface area contributed by atoms with E-state index in [0.717, 1.165) is 30.5 Å². The molecule has 2 rings (SSSR count). The lowest BCUT2D eigenvalue weighted by molar-refractivity contribution is 0.0924. The predicted octanol–water partition coefficient (Wildman–Crippen LogP) is 3.73. The van der Waals surface area contributed by atoms with Gasteiger partial charge in [-0.3, -0.25) is 9.78 Å². The highest BCUT2D eigenvalue weighted by Crippen LogP contribution is 2.29. The van der Waals surface area contributed by atoms with Crippen LogP contribution in [0.25, 0.3) is 0 Å². The highest BCUT2D eigenvalue weighted by molar-refractivity contribution is 5.95. The number of hydrogen-bond acceptors (Lipinski definition) is 4. The molecular formula is C19H26N4O. The summed E-state index contributed by atoms with van der Waals surface area (Å²) in [5.41, 5.74) is 2.44. The van der Waals surface area contributed by atoms with Crippen LogP contribution >= 0.6 is 0 Å². The first-order chi connectivity index (χ1) is 11.4. The van der Waals surface area contributed by atoms with Crippen molar-refractivity contribution in [2.75, 3.05) is 0 Å². The largest absolute Gasteiger partial charge is 0.345 e. The Kier molecular flexibility index (Phi) is 6.01. The summed E-state index contributed by atoms with van der Waals surface area (Å²) >= 11 is 0. The number of carbonyl (C=O) groups excluding carboxylic acids is 1. The van der Waals surface area contributed by atoms with Crippen LogP contribution in [-0.4, -0.2) is 20.9 Å². The quantitative estimate of drug-likeness (QED) is 0.878. The summed E-state index contributed by atoms with van der Waals surface area (Å²) in [4.78, 5) is 25.3. The smallest absolute Gasteiger partial charge is 0.255 e. The molecule has 0 aromatic carbocycles. The molecule has 0 saturated carbocycles. The van der Waals surface area contributed by atoms with Crippen molar-refractivity contribution in [3.8, 4) is 0 Å². The molecule has 0 spiro atoms. The number of nitrogens with one attached hydrogen (secondary N) is 1. The van der Waals surface area contributed by atoms with Crippen molar-refractivity contribution in [1.82, 2.24) is 20.3 Å². The Morgan fingerprint density at radius 1 is 1.25 bits per heavy atom. The molecule has 0 aliphatic carbocycles. The van der Waals surface area contributed by atoms with Gasteiger partial charge in [0.15, 0.2) is 0 Å². The van der Waals surface area contributed by atoms with E-state index in [-0.39, 0.29) is 17.4 Å². The number of hydrogen-bond donors (Lipinski definition) is 1. The van der Waals surface area contributed by atoms with Crippen LogP contribution in [0.4, 0.5) is 0 Å². The molecule has 0 fully saturated rings. The summed E-state index contributed by atoms with van der Waals surface area (Å²) < 4.78 is 0. The molecule has 0 saturated heterocycles. The third-order valence-electron chi connectivity index (χ3n) is 3.73. The van der Waals surface area contributed by atoms with Crippen LogP contribution in [0.5, 0.6) is 0 Å². The maximum atomic E-state index is 12.8. The summed E-state index contributed by atoms with van der Waals surface area (Å²) in [5, 5.41) is 3.15. The van der Waals surface area contributed by atoms with Gasteiger partial charge in [-0.15, -0.1) is 0 Å². The van der Waals surface area contributed by atoms with Gasteiger partial charge in [-0.05, 0) is 29.9 Å². The maximum absolute atomic E-state index is 12.8. The van der Waals surface area contributed by atoms with Crippen molar-refractivity contribution >= 4 is 5.91 Å². The van der Waals surface area contributed by atoms with Crippen LogP contribution in [-0.2, 0) is 6.42 Å². The molecule has 0 aliphatic heterocycles. The van der Waals surface area contributed by atoms with Crippen molar-refractivity contribution < 1.29 is 4.79 Å². The van der Waals surface area contributed by atoms with E-state index >= 15 is 0 Å². The molecule has 1 atom stereocenters. The van der Waals surface area contributed by atoms with E-state index < -0.39 is 0 Å². The monoisotopic (exact) mass is 326 g/mol. The Balaban J connectivity index is 2.25. The number of aromatic nitrogens is 3. The molecule has 0 unspecified atom stereocenters. The summed E-state index contributed by atoms with van der Waals surface area (Å²) in [7, 11) is 0. The van der Waals surface area contributed by atoms with E-state index in [0.29, 0.717) is 5.56 Å². The van der Waals surface area contributed by atoms with Gasteiger partial charge in [0.05, 0.1) is 17.3 Å². The highest BCUT2D eigenvalue weighted by Gasteiger charge is 2.23. The minimum atomic E-state index is -0.128. The number of carbonyl (C=O) groups is 1. The van der Waals surface area contributed by atoms with E-state index in [9.17, 15) is 4.79 Å². The Morgan fingerprint density at radius 3 is 2.67 bits per heavy atom. The van der Waals surface area contributed by atoms with Crippen molar-refractivity contribution in [1.29, 1.82) is 0 Å². The van der Waals surface area contributed by atoms with E-state index in [2.05, 4.69) is 48.0 Å². The summed E-state index contributed by atoms with van der Waals surface area (Å²) in [6, 6.07) is 3.80. The molecule has 5 nitrogen and oxygen atoms in total. The van der Waals surface area contributed by atoms with Crippen LogP contribution in [0.3, 0.4) is 0 Å². The fourth-order valence-corrected chi connectivity index (χ4v) is 2.66. The first kappa shape index (κ1) is 18.0. The third-order valence-corrected chi connectivity index (χ3v) is 3.73. The second-order valence-corrected chi connectivity index (χ2v) is 7.21. The number of rotatable bonds is 6. The topological polar surface area (TPSA) is 67.8 Å². The maximum Gasteiger partial charge on any atom is 0.255 e. The molecule has 5 heteroatoms. The minimum absolute atomic E-state index is 0.0766. The Hall–Kier alpha value is -2.30. The van der Waals surface area contributed by atoms with Gasteiger partial charge in [0.2, 0.25) is 0 Å². The van der Waals surface area contributed by atoms with Gasteiger partial charge in [0.1, 0.15) is 6.33 Å². The van der Waals surface area contributed by atoms with Gasteiger partial charge < -0.3 is 5.32 Å². The number of nitrogens with zero attached hydrogens (tertiary/aromatic N) is 3. The number of amides is 1. The Bertz CT molecular complexity index is 665. The SMILES string of the molecule is CCCc1ncncc1C(=O)N[C@H](CC(C)(C)C)c1cccnc1. The van der Waals surface area contributed by atoms with Crippen LogP contribution in [0, 0.1) is 5.41 Å². The van der Waals surface area contributed by atoms with Crippen LogP contribution in [0.2, 0.25) is 0 Å². The van der Waals surface area contributed by atoms with Gasteiger partial charge in [-0.25, -0.2) is 9.97 Å². The minimum Gasteiger partial charge on any atom is -0.345 e. The van der Waals surface area contributed by atoms with Gasteiger partial charge >= 0.3 is 0 Å². The van der Waals surface area contributed by atoms with Gasteiger partial charge in [0.25, 0.3) is 5.91 Å². The van der Waals surface area contributed by atoms with Crippen molar-refractivity contribution in [3.63, 3.8) is 0 Å². The lowest BCUT2D eigenvalue weighted by atomic mass is 9.85. The molecule has 2 aromatic heterocycles. The molecule has 0 radical (unpaired) electrons. The number of aryl methyl sites for hydroxylation is 1. The average molecular weight is 326 g/mol.